The van der Waals surface area contributed by atoms with Crippen molar-refractivity contribution in [2.45, 2.75) is 12.8 Å². The Hall–Kier alpha value is -3.14. The lowest BCUT2D eigenvalue weighted by Gasteiger charge is -2.33. The number of anilines is 1. The summed E-state index contributed by atoms with van der Waals surface area (Å²) in [6.07, 6.45) is 3.64. The number of nitrogens with zero attached hydrogens (tertiary/aromatic N) is 4. The van der Waals surface area contributed by atoms with Crippen LogP contribution in [0.5, 0.6) is 5.88 Å². The zero-order valence-electron chi connectivity index (χ0n) is 14.7. The standard InChI is InChI=1S/C19H21N5O2/c1-26-18-10-15(7-8-21-18)19(25)22-12-14-4-3-9-24(13-14)17-6-2-5-16(11-20)23-17/h2,5-8,10,14H,3-4,9,12-13H2,1H3,(H,22,25). The summed E-state index contributed by atoms with van der Waals surface area (Å²) in [6.45, 7) is 2.31. The van der Waals surface area contributed by atoms with Crippen molar-refractivity contribution in [3.8, 4) is 11.9 Å². The molecule has 1 unspecified atom stereocenters. The number of nitriles is 1. The van der Waals surface area contributed by atoms with Gasteiger partial charge in [-0.25, -0.2) is 9.97 Å². The zero-order chi connectivity index (χ0) is 18.4. The fourth-order valence-electron chi connectivity index (χ4n) is 3.10. The molecule has 1 aliphatic heterocycles. The third-order valence-corrected chi connectivity index (χ3v) is 4.45. The number of amides is 1. The molecule has 1 N–H and O–H groups in total. The van der Waals surface area contributed by atoms with Crippen molar-refractivity contribution < 1.29 is 9.53 Å². The maximum atomic E-state index is 12.3. The first kappa shape index (κ1) is 17.7. The number of nitrogens with one attached hydrogen (secondary N) is 1. The predicted octanol–water partition coefficient (Wildman–Crippen LogP) is 2.00. The van der Waals surface area contributed by atoms with Gasteiger partial charge in [0.1, 0.15) is 17.6 Å². The number of carbonyl (C=O) groups excluding carboxylic acids is 1. The molecule has 1 atom stereocenters. The average Bonchev–Trinajstić information content (AvgIpc) is 2.72. The van der Waals surface area contributed by atoms with E-state index in [1.54, 1.807) is 24.4 Å². The zero-order valence-corrected chi connectivity index (χ0v) is 14.7. The van der Waals surface area contributed by atoms with E-state index in [1.807, 2.05) is 12.1 Å². The largest absolute Gasteiger partial charge is 0.481 e. The Kier molecular flexibility index (Phi) is 5.64. The molecule has 7 nitrogen and oxygen atoms in total. The van der Waals surface area contributed by atoms with Crippen molar-refractivity contribution in [3.05, 3.63) is 47.8 Å². The van der Waals surface area contributed by atoms with Gasteiger partial charge in [-0.2, -0.15) is 5.26 Å². The van der Waals surface area contributed by atoms with Gasteiger partial charge in [0.2, 0.25) is 5.88 Å². The number of hydrogen-bond acceptors (Lipinski definition) is 6. The van der Waals surface area contributed by atoms with Gasteiger partial charge in [0.25, 0.3) is 5.91 Å². The summed E-state index contributed by atoms with van der Waals surface area (Å²) in [5, 5.41) is 12.0. The Morgan fingerprint density at radius 1 is 1.46 bits per heavy atom. The van der Waals surface area contributed by atoms with Crippen LogP contribution in [-0.2, 0) is 0 Å². The van der Waals surface area contributed by atoms with Crippen LogP contribution < -0.4 is 15.0 Å². The third kappa shape index (κ3) is 4.28. The summed E-state index contributed by atoms with van der Waals surface area (Å²) >= 11 is 0. The van der Waals surface area contributed by atoms with E-state index in [1.165, 1.54) is 7.11 Å². The Bertz CT molecular complexity index is 818. The molecule has 1 fully saturated rings. The van der Waals surface area contributed by atoms with E-state index in [0.717, 1.165) is 31.7 Å². The van der Waals surface area contributed by atoms with E-state index < -0.39 is 0 Å². The van der Waals surface area contributed by atoms with Crippen molar-refractivity contribution in [2.24, 2.45) is 5.92 Å². The van der Waals surface area contributed by atoms with Gasteiger partial charge < -0.3 is 15.0 Å². The number of piperidine rings is 1. The Morgan fingerprint density at radius 3 is 3.15 bits per heavy atom. The quantitative estimate of drug-likeness (QED) is 0.886. The molecule has 2 aromatic heterocycles. The highest BCUT2D eigenvalue weighted by Gasteiger charge is 2.22. The molecular formula is C19H21N5O2. The van der Waals surface area contributed by atoms with Crippen LogP contribution in [0.15, 0.2) is 36.5 Å². The van der Waals surface area contributed by atoms with Crippen molar-refractivity contribution >= 4 is 11.7 Å². The van der Waals surface area contributed by atoms with E-state index >= 15 is 0 Å². The molecule has 0 aromatic carbocycles. The normalized spacial score (nSPS) is 16.6. The second kappa shape index (κ2) is 8.30. The monoisotopic (exact) mass is 351 g/mol. The lowest BCUT2D eigenvalue weighted by molar-refractivity contribution is 0.0945. The van der Waals surface area contributed by atoms with Gasteiger partial charge in [-0.15, -0.1) is 0 Å². The number of carbonyl (C=O) groups is 1. The molecule has 2 aromatic rings. The van der Waals surface area contributed by atoms with Crippen LogP contribution in [0.25, 0.3) is 0 Å². The molecule has 26 heavy (non-hydrogen) atoms. The number of ether oxygens (including phenoxy) is 1. The molecule has 0 bridgehead atoms. The van der Waals surface area contributed by atoms with E-state index in [9.17, 15) is 4.79 Å². The number of pyridine rings is 2. The molecule has 7 heteroatoms. The molecule has 1 aliphatic rings. The van der Waals surface area contributed by atoms with E-state index in [-0.39, 0.29) is 5.91 Å². The second-order valence-electron chi connectivity index (χ2n) is 6.24. The topological polar surface area (TPSA) is 91.1 Å². The van der Waals surface area contributed by atoms with Crippen molar-refractivity contribution in [1.82, 2.24) is 15.3 Å². The van der Waals surface area contributed by atoms with Crippen LogP contribution in [0, 0.1) is 17.2 Å². The number of methoxy groups -OCH3 is 1. The highest BCUT2D eigenvalue weighted by Crippen LogP contribution is 2.21. The number of aromatic nitrogens is 2. The Labute approximate surface area is 152 Å². The summed E-state index contributed by atoms with van der Waals surface area (Å²) in [6, 6.07) is 10.8. The van der Waals surface area contributed by atoms with E-state index in [0.29, 0.717) is 29.6 Å². The maximum absolute atomic E-state index is 12.3. The minimum absolute atomic E-state index is 0.132. The van der Waals surface area contributed by atoms with Gasteiger partial charge in [-0.1, -0.05) is 6.07 Å². The van der Waals surface area contributed by atoms with Crippen LogP contribution in [0.3, 0.4) is 0 Å². The van der Waals surface area contributed by atoms with E-state index in [2.05, 4.69) is 26.3 Å². The molecular weight excluding hydrogens is 330 g/mol. The van der Waals surface area contributed by atoms with Crippen LogP contribution in [0.1, 0.15) is 28.9 Å². The highest BCUT2D eigenvalue weighted by molar-refractivity contribution is 5.94. The van der Waals surface area contributed by atoms with E-state index in [4.69, 9.17) is 10.00 Å². The summed E-state index contributed by atoms with van der Waals surface area (Å²) in [7, 11) is 1.52. The van der Waals surface area contributed by atoms with Crippen LogP contribution in [0.4, 0.5) is 5.82 Å². The third-order valence-electron chi connectivity index (χ3n) is 4.45. The van der Waals surface area contributed by atoms with Gasteiger partial charge in [-0.05, 0) is 37.0 Å². The van der Waals surface area contributed by atoms with Gasteiger partial charge in [-0.3, -0.25) is 4.79 Å². The molecule has 0 radical (unpaired) electrons. The van der Waals surface area contributed by atoms with Crippen LogP contribution >= 0.6 is 0 Å². The molecule has 3 rings (SSSR count). The maximum Gasteiger partial charge on any atom is 0.251 e. The molecule has 1 saturated heterocycles. The van der Waals surface area contributed by atoms with Gasteiger partial charge >= 0.3 is 0 Å². The lowest BCUT2D eigenvalue weighted by atomic mass is 9.98. The van der Waals surface area contributed by atoms with Crippen molar-refractivity contribution in [1.29, 1.82) is 5.26 Å². The molecule has 0 spiro atoms. The molecule has 1 amide bonds. The van der Waals surface area contributed by atoms with Crippen LogP contribution in [0.2, 0.25) is 0 Å². The molecule has 134 valence electrons. The minimum Gasteiger partial charge on any atom is -0.481 e. The number of hydrogen-bond donors (Lipinski definition) is 1. The first-order chi connectivity index (χ1) is 12.7. The second-order valence-corrected chi connectivity index (χ2v) is 6.24. The fourth-order valence-corrected chi connectivity index (χ4v) is 3.10. The number of rotatable bonds is 5. The Balaban J connectivity index is 1.58. The van der Waals surface area contributed by atoms with Crippen molar-refractivity contribution in [3.63, 3.8) is 0 Å². The molecule has 0 aliphatic carbocycles. The highest BCUT2D eigenvalue weighted by atomic mass is 16.5. The van der Waals surface area contributed by atoms with Gasteiger partial charge in [0.15, 0.2) is 0 Å². The predicted molar refractivity (Wildman–Crippen MR) is 97.0 cm³/mol. The first-order valence-corrected chi connectivity index (χ1v) is 8.60. The lowest BCUT2D eigenvalue weighted by Crippen LogP contribution is -2.41. The van der Waals surface area contributed by atoms with Crippen molar-refractivity contribution in [2.75, 3.05) is 31.6 Å². The molecule has 0 saturated carbocycles. The molecule has 3 heterocycles. The first-order valence-electron chi connectivity index (χ1n) is 8.60. The average molecular weight is 351 g/mol. The summed E-state index contributed by atoms with van der Waals surface area (Å²) in [4.78, 5) is 22.9. The van der Waals surface area contributed by atoms with Gasteiger partial charge in [0.05, 0.1) is 7.11 Å². The minimum atomic E-state index is -0.132. The fraction of sp³-hybridized carbons (Fsp3) is 0.368. The van der Waals surface area contributed by atoms with Crippen LogP contribution in [-0.4, -0.2) is 42.6 Å². The smallest absolute Gasteiger partial charge is 0.251 e. The Morgan fingerprint density at radius 2 is 2.35 bits per heavy atom. The summed E-state index contributed by atoms with van der Waals surface area (Å²) in [5.74, 6) is 1.44. The van der Waals surface area contributed by atoms with Gasteiger partial charge in [0, 0.05) is 37.5 Å². The summed E-state index contributed by atoms with van der Waals surface area (Å²) in [5.41, 5.74) is 0.956. The summed E-state index contributed by atoms with van der Waals surface area (Å²) < 4.78 is 5.05. The SMILES string of the molecule is COc1cc(C(=O)NCC2CCCN(c3cccc(C#N)n3)C2)ccn1.